The molecule has 1 aromatic heterocycles. The second-order valence-electron chi connectivity index (χ2n) is 9.88. The highest BCUT2D eigenvalue weighted by Crippen LogP contribution is 2.29. The molecule has 180 valence electrons. The molecular weight excluding hydrogens is 440 g/mol. The molecule has 1 aliphatic rings. The molecule has 1 saturated heterocycles. The van der Waals surface area contributed by atoms with Crippen molar-refractivity contribution < 1.29 is 19.5 Å². The Morgan fingerprint density at radius 3 is 2.45 bits per heavy atom. The fraction of sp³-hybridized carbons (Fsp3) is 0.542. The van der Waals surface area contributed by atoms with Gasteiger partial charge in [-0.05, 0) is 42.2 Å². The van der Waals surface area contributed by atoms with E-state index in [9.17, 15) is 14.7 Å². The molecule has 0 aliphatic carbocycles. The Balaban J connectivity index is 1.66. The Hall–Kier alpha value is -2.49. The minimum Gasteiger partial charge on any atom is -0.391 e. The summed E-state index contributed by atoms with van der Waals surface area (Å²) in [6, 6.07) is 6.16. The number of amides is 2. The SMILES string of the molecule is Cc1ncsc1-c1ccc(ONC(=O)[C@@H]2C[C@@H](O)CN2C(=O)[C@@H](NC(C)C)C(C)(C)C)cc1. The van der Waals surface area contributed by atoms with Gasteiger partial charge in [0.15, 0.2) is 5.75 Å². The highest BCUT2D eigenvalue weighted by Gasteiger charge is 2.44. The molecule has 1 aromatic carbocycles. The van der Waals surface area contributed by atoms with Gasteiger partial charge in [-0.3, -0.25) is 9.59 Å². The smallest absolute Gasteiger partial charge is 0.275 e. The first kappa shape index (κ1) is 25.1. The summed E-state index contributed by atoms with van der Waals surface area (Å²) in [5.41, 5.74) is 5.89. The maximum Gasteiger partial charge on any atom is 0.275 e. The van der Waals surface area contributed by atoms with Gasteiger partial charge in [-0.1, -0.05) is 34.6 Å². The van der Waals surface area contributed by atoms with Gasteiger partial charge >= 0.3 is 0 Å². The van der Waals surface area contributed by atoms with Crippen molar-refractivity contribution in [3.63, 3.8) is 0 Å². The molecule has 1 fully saturated rings. The summed E-state index contributed by atoms with van der Waals surface area (Å²) in [5.74, 6) is -0.184. The summed E-state index contributed by atoms with van der Waals surface area (Å²) < 4.78 is 0. The molecule has 2 aromatic rings. The molecule has 2 amide bonds. The van der Waals surface area contributed by atoms with Crippen molar-refractivity contribution in [1.29, 1.82) is 0 Å². The molecule has 0 bridgehead atoms. The number of nitrogens with zero attached hydrogens (tertiary/aromatic N) is 2. The molecule has 3 N–H and O–H groups in total. The van der Waals surface area contributed by atoms with Crippen LogP contribution in [0, 0.1) is 12.3 Å². The number of carbonyl (C=O) groups is 2. The average Bonchev–Trinajstić information content (AvgIpc) is 3.35. The number of hydrogen-bond donors (Lipinski definition) is 3. The quantitative estimate of drug-likeness (QED) is 0.533. The van der Waals surface area contributed by atoms with Crippen molar-refractivity contribution in [2.45, 2.75) is 72.2 Å². The van der Waals surface area contributed by atoms with E-state index in [1.54, 1.807) is 29.0 Å². The van der Waals surface area contributed by atoms with Gasteiger partial charge in [-0.2, -0.15) is 5.48 Å². The number of rotatable bonds is 7. The third-order valence-electron chi connectivity index (χ3n) is 5.61. The Labute approximate surface area is 199 Å². The minimum atomic E-state index is -0.801. The number of likely N-dealkylation sites (tertiary alicyclic amines) is 1. The van der Waals surface area contributed by atoms with E-state index in [0.29, 0.717) is 5.75 Å². The Morgan fingerprint density at radius 1 is 1.24 bits per heavy atom. The third kappa shape index (κ3) is 6.10. The first-order chi connectivity index (χ1) is 15.5. The van der Waals surface area contributed by atoms with Crippen LogP contribution in [0.1, 0.15) is 46.7 Å². The lowest BCUT2D eigenvalue weighted by molar-refractivity contribution is -0.144. The van der Waals surface area contributed by atoms with Crippen LogP contribution < -0.4 is 15.6 Å². The monoisotopic (exact) mass is 474 g/mol. The van der Waals surface area contributed by atoms with Crippen LogP contribution in [-0.4, -0.2) is 57.6 Å². The molecule has 2 heterocycles. The number of aromatic nitrogens is 1. The van der Waals surface area contributed by atoms with Crippen LogP contribution in [0.4, 0.5) is 0 Å². The summed E-state index contributed by atoms with van der Waals surface area (Å²) >= 11 is 1.57. The summed E-state index contributed by atoms with van der Waals surface area (Å²) in [4.78, 5) is 38.6. The normalized spacial score (nSPS) is 19.6. The number of β-amino-alcohol motifs (C(OH)–C–C–N with tert-alkyl or cyclic N) is 1. The van der Waals surface area contributed by atoms with Crippen molar-refractivity contribution in [2.75, 3.05) is 6.54 Å². The van der Waals surface area contributed by atoms with Crippen molar-refractivity contribution in [3.8, 4) is 16.2 Å². The third-order valence-corrected chi connectivity index (χ3v) is 6.59. The largest absolute Gasteiger partial charge is 0.391 e. The number of aliphatic hydroxyl groups excluding tert-OH is 1. The molecule has 1 aliphatic heterocycles. The van der Waals surface area contributed by atoms with Gasteiger partial charge in [0, 0.05) is 19.0 Å². The Bertz CT molecular complexity index is 968. The molecule has 8 nitrogen and oxygen atoms in total. The van der Waals surface area contributed by atoms with Crippen LogP contribution in [0.5, 0.6) is 5.75 Å². The predicted molar refractivity (Wildman–Crippen MR) is 129 cm³/mol. The van der Waals surface area contributed by atoms with E-state index in [2.05, 4.69) is 15.8 Å². The van der Waals surface area contributed by atoms with Gasteiger partial charge in [-0.25, -0.2) is 4.98 Å². The van der Waals surface area contributed by atoms with Gasteiger partial charge < -0.3 is 20.2 Å². The summed E-state index contributed by atoms with van der Waals surface area (Å²) in [6.45, 7) is 12.0. The van der Waals surface area contributed by atoms with Gasteiger partial charge in [0.2, 0.25) is 5.91 Å². The van der Waals surface area contributed by atoms with Crippen LogP contribution in [0.15, 0.2) is 29.8 Å². The lowest BCUT2D eigenvalue weighted by Gasteiger charge is -2.36. The molecule has 9 heteroatoms. The zero-order valence-electron chi connectivity index (χ0n) is 20.1. The molecule has 0 unspecified atom stereocenters. The Kier molecular flexibility index (Phi) is 7.76. The van der Waals surface area contributed by atoms with E-state index in [1.807, 2.05) is 53.7 Å². The van der Waals surface area contributed by atoms with E-state index in [0.717, 1.165) is 16.1 Å². The molecule has 0 radical (unpaired) electrons. The van der Waals surface area contributed by atoms with E-state index in [4.69, 9.17) is 4.84 Å². The van der Waals surface area contributed by atoms with E-state index in [1.165, 1.54) is 4.90 Å². The zero-order chi connectivity index (χ0) is 24.3. The first-order valence-corrected chi connectivity index (χ1v) is 12.1. The van der Waals surface area contributed by atoms with Gasteiger partial charge in [0.1, 0.15) is 6.04 Å². The van der Waals surface area contributed by atoms with Crippen LogP contribution in [0.3, 0.4) is 0 Å². The number of hydrogen-bond acceptors (Lipinski definition) is 7. The maximum absolute atomic E-state index is 13.4. The van der Waals surface area contributed by atoms with Crippen LogP contribution >= 0.6 is 11.3 Å². The summed E-state index contributed by atoms with van der Waals surface area (Å²) in [6.07, 6.45) is -0.588. The summed E-state index contributed by atoms with van der Waals surface area (Å²) in [7, 11) is 0. The number of nitrogens with one attached hydrogen (secondary N) is 2. The number of hydroxylamine groups is 1. The van der Waals surface area contributed by atoms with Crippen LogP contribution in [-0.2, 0) is 9.59 Å². The van der Waals surface area contributed by atoms with E-state index < -0.39 is 24.1 Å². The molecular formula is C24H34N4O4S. The summed E-state index contributed by atoms with van der Waals surface area (Å²) in [5, 5.41) is 13.5. The number of aryl methyl sites for hydroxylation is 1. The number of aliphatic hydroxyl groups is 1. The van der Waals surface area contributed by atoms with Gasteiger partial charge in [-0.15, -0.1) is 11.3 Å². The highest BCUT2D eigenvalue weighted by atomic mass is 32.1. The van der Waals surface area contributed by atoms with Crippen molar-refractivity contribution >= 4 is 23.2 Å². The van der Waals surface area contributed by atoms with Gasteiger partial charge in [0.05, 0.1) is 28.2 Å². The first-order valence-electron chi connectivity index (χ1n) is 11.2. The molecule has 0 spiro atoms. The molecule has 0 saturated carbocycles. The second kappa shape index (κ2) is 10.2. The van der Waals surface area contributed by atoms with Crippen molar-refractivity contribution in [3.05, 3.63) is 35.5 Å². The second-order valence-corrected chi connectivity index (χ2v) is 10.7. The fourth-order valence-corrected chi connectivity index (χ4v) is 4.74. The molecule has 33 heavy (non-hydrogen) atoms. The van der Waals surface area contributed by atoms with E-state index >= 15 is 0 Å². The van der Waals surface area contributed by atoms with E-state index in [-0.39, 0.29) is 30.3 Å². The fourth-order valence-electron chi connectivity index (χ4n) is 3.93. The molecule has 3 rings (SSSR count). The number of carbonyl (C=O) groups excluding carboxylic acids is 2. The predicted octanol–water partition coefficient (Wildman–Crippen LogP) is 2.90. The topological polar surface area (TPSA) is 104 Å². The number of benzene rings is 1. The lowest BCUT2D eigenvalue weighted by Crippen LogP contribution is -2.58. The molecule has 3 atom stereocenters. The standard InChI is InChI=1S/C24H34N4O4S/c1-14(2)26-21(24(4,5)6)23(31)28-12-17(29)11-19(28)22(30)27-32-18-9-7-16(8-10-18)20-15(3)25-13-33-20/h7-10,13-14,17,19,21,26,29H,11-12H2,1-6H3,(H,27,30)/t17-,19+,21-/m1/s1. The van der Waals surface area contributed by atoms with Crippen molar-refractivity contribution in [2.24, 2.45) is 5.41 Å². The van der Waals surface area contributed by atoms with Gasteiger partial charge in [0.25, 0.3) is 5.91 Å². The highest BCUT2D eigenvalue weighted by molar-refractivity contribution is 7.13. The maximum atomic E-state index is 13.4. The Morgan fingerprint density at radius 2 is 1.91 bits per heavy atom. The number of thiazole rings is 1. The van der Waals surface area contributed by atoms with Crippen LogP contribution in [0.2, 0.25) is 0 Å². The zero-order valence-corrected chi connectivity index (χ0v) is 20.9. The lowest BCUT2D eigenvalue weighted by atomic mass is 9.85. The average molecular weight is 475 g/mol. The van der Waals surface area contributed by atoms with Crippen molar-refractivity contribution in [1.82, 2.24) is 20.7 Å². The minimum absolute atomic E-state index is 0.0954. The van der Waals surface area contributed by atoms with Crippen LogP contribution in [0.25, 0.3) is 10.4 Å².